The van der Waals surface area contributed by atoms with E-state index in [0.29, 0.717) is 17.9 Å². The molecule has 0 bridgehead atoms. The van der Waals surface area contributed by atoms with Gasteiger partial charge in [0.1, 0.15) is 5.76 Å². The molecule has 1 atom stereocenters. The van der Waals surface area contributed by atoms with Crippen molar-refractivity contribution in [2.75, 3.05) is 13.2 Å². The van der Waals surface area contributed by atoms with Crippen LogP contribution < -0.4 is 0 Å². The molecule has 4 rings (SSSR count). The van der Waals surface area contributed by atoms with E-state index in [1.165, 1.54) is 0 Å². The minimum Gasteiger partial charge on any atom is -0.467 e. The van der Waals surface area contributed by atoms with Crippen LogP contribution in [0.3, 0.4) is 0 Å². The molecule has 0 N–H and O–H groups in total. The lowest BCUT2D eigenvalue weighted by Crippen LogP contribution is -2.27. The highest BCUT2D eigenvalue weighted by atomic mass is 16.5. The van der Waals surface area contributed by atoms with E-state index in [-0.39, 0.29) is 31.3 Å². The fraction of sp³-hybridized carbons (Fsp3) is 0.227. The lowest BCUT2D eigenvalue weighted by Gasteiger charge is -2.14. The second-order valence-electron chi connectivity index (χ2n) is 6.85. The van der Waals surface area contributed by atoms with Gasteiger partial charge in [-0.25, -0.2) is 0 Å². The Kier molecular flexibility index (Phi) is 4.93. The van der Waals surface area contributed by atoms with Gasteiger partial charge in [0.2, 0.25) is 5.91 Å². The van der Waals surface area contributed by atoms with Gasteiger partial charge in [-0.3, -0.25) is 14.4 Å². The number of ether oxygens (including phenoxy) is 1. The molecular formula is C22H19NO5. The Morgan fingerprint density at radius 3 is 2.68 bits per heavy atom. The van der Waals surface area contributed by atoms with E-state index >= 15 is 0 Å². The van der Waals surface area contributed by atoms with Crippen LogP contribution in [0, 0.1) is 5.92 Å². The van der Waals surface area contributed by atoms with Crippen molar-refractivity contribution in [1.82, 2.24) is 4.90 Å². The number of ketones is 1. The number of esters is 1. The number of likely N-dealkylation sites (tertiary alicyclic amines) is 1. The maximum atomic E-state index is 12.4. The second kappa shape index (κ2) is 7.68. The Bertz CT molecular complexity index is 1020. The van der Waals surface area contributed by atoms with Crippen molar-refractivity contribution in [3.63, 3.8) is 0 Å². The molecule has 6 heteroatoms. The van der Waals surface area contributed by atoms with Crippen molar-refractivity contribution in [2.24, 2.45) is 5.92 Å². The maximum Gasteiger partial charge on any atom is 0.311 e. The van der Waals surface area contributed by atoms with Gasteiger partial charge < -0.3 is 14.1 Å². The smallest absolute Gasteiger partial charge is 0.311 e. The molecule has 0 unspecified atom stereocenters. The molecule has 0 saturated carbocycles. The third kappa shape index (κ3) is 3.81. The monoisotopic (exact) mass is 377 g/mol. The quantitative estimate of drug-likeness (QED) is 0.487. The number of nitrogens with zero attached hydrogens (tertiary/aromatic N) is 1. The molecular weight excluding hydrogens is 358 g/mol. The summed E-state index contributed by atoms with van der Waals surface area (Å²) in [5.41, 5.74) is 0.494. The Balaban J connectivity index is 1.33. The highest BCUT2D eigenvalue weighted by molar-refractivity contribution is 6.01. The first kappa shape index (κ1) is 18.0. The first-order valence-electron chi connectivity index (χ1n) is 9.09. The van der Waals surface area contributed by atoms with Crippen molar-refractivity contribution in [3.05, 3.63) is 72.2 Å². The zero-order valence-electron chi connectivity index (χ0n) is 15.2. The van der Waals surface area contributed by atoms with Gasteiger partial charge >= 0.3 is 5.97 Å². The lowest BCUT2D eigenvalue weighted by molar-refractivity contribution is -0.147. The minimum absolute atomic E-state index is 0.0870. The van der Waals surface area contributed by atoms with E-state index in [4.69, 9.17) is 9.15 Å². The minimum atomic E-state index is -0.563. The molecule has 2 heterocycles. The molecule has 0 aliphatic carbocycles. The largest absolute Gasteiger partial charge is 0.467 e. The van der Waals surface area contributed by atoms with Crippen LogP contribution in [0.5, 0.6) is 0 Å². The number of carbonyl (C=O) groups excluding carboxylic acids is 3. The van der Waals surface area contributed by atoms with Crippen molar-refractivity contribution in [3.8, 4) is 0 Å². The Morgan fingerprint density at radius 2 is 1.89 bits per heavy atom. The maximum absolute atomic E-state index is 12.4. The number of benzene rings is 2. The highest BCUT2D eigenvalue weighted by Crippen LogP contribution is 2.22. The van der Waals surface area contributed by atoms with Crippen LogP contribution >= 0.6 is 0 Å². The summed E-state index contributed by atoms with van der Waals surface area (Å²) in [5.74, 6) is -0.819. The summed E-state index contributed by atoms with van der Waals surface area (Å²) in [6, 6.07) is 16.6. The van der Waals surface area contributed by atoms with E-state index in [9.17, 15) is 14.4 Å². The summed E-state index contributed by atoms with van der Waals surface area (Å²) >= 11 is 0. The molecule has 1 fully saturated rings. The van der Waals surface area contributed by atoms with Gasteiger partial charge in [0.15, 0.2) is 12.4 Å². The first-order chi connectivity index (χ1) is 13.6. The number of hydrogen-bond donors (Lipinski definition) is 0. The lowest BCUT2D eigenvalue weighted by atomic mass is 10.0. The molecule has 142 valence electrons. The summed E-state index contributed by atoms with van der Waals surface area (Å²) in [5, 5.41) is 1.99. The molecule has 1 saturated heterocycles. The number of carbonyl (C=O) groups is 3. The van der Waals surface area contributed by atoms with Crippen LogP contribution in [0.2, 0.25) is 0 Å². The van der Waals surface area contributed by atoms with Crippen LogP contribution in [0.15, 0.2) is 65.3 Å². The molecule has 28 heavy (non-hydrogen) atoms. The van der Waals surface area contributed by atoms with Gasteiger partial charge in [0.25, 0.3) is 0 Å². The zero-order valence-corrected chi connectivity index (χ0v) is 15.2. The SMILES string of the molecule is O=C(COC(=O)[C@@H]1CC(=O)N(Cc2ccco2)C1)c1ccc2ccccc2c1. The van der Waals surface area contributed by atoms with Gasteiger partial charge in [-0.05, 0) is 29.0 Å². The Hall–Kier alpha value is -3.41. The van der Waals surface area contributed by atoms with E-state index in [2.05, 4.69) is 0 Å². The van der Waals surface area contributed by atoms with Crippen molar-refractivity contribution in [1.29, 1.82) is 0 Å². The summed E-state index contributed by atoms with van der Waals surface area (Å²) in [7, 11) is 0. The van der Waals surface area contributed by atoms with Gasteiger partial charge in [-0.2, -0.15) is 0 Å². The van der Waals surface area contributed by atoms with Gasteiger partial charge in [-0.1, -0.05) is 36.4 Å². The van der Waals surface area contributed by atoms with Crippen LogP contribution in [-0.2, 0) is 20.9 Å². The number of hydrogen-bond acceptors (Lipinski definition) is 5. The predicted octanol–water partition coefficient (Wildman–Crippen LogP) is 3.21. The van der Waals surface area contributed by atoms with Crippen LogP contribution in [0.1, 0.15) is 22.5 Å². The average molecular weight is 377 g/mol. The fourth-order valence-corrected chi connectivity index (χ4v) is 3.37. The molecule has 0 spiro atoms. The zero-order chi connectivity index (χ0) is 19.5. The van der Waals surface area contributed by atoms with E-state index < -0.39 is 11.9 Å². The molecule has 1 aliphatic heterocycles. The van der Waals surface area contributed by atoms with Gasteiger partial charge in [-0.15, -0.1) is 0 Å². The van der Waals surface area contributed by atoms with Crippen molar-refractivity contribution < 1.29 is 23.5 Å². The van der Waals surface area contributed by atoms with Crippen molar-refractivity contribution in [2.45, 2.75) is 13.0 Å². The van der Waals surface area contributed by atoms with E-state index in [1.54, 1.807) is 35.4 Å². The summed E-state index contributed by atoms with van der Waals surface area (Å²) in [6.45, 7) is 0.258. The van der Waals surface area contributed by atoms with Gasteiger partial charge in [0, 0.05) is 18.5 Å². The normalized spacial score (nSPS) is 16.5. The van der Waals surface area contributed by atoms with Crippen molar-refractivity contribution >= 4 is 28.4 Å². The predicted molar refractivity (Wildman–Crippen MR) is 101 cm³/mol. The molecule has 1 amide bonds. The third-order valence-corrected chi connectivity index (χ3v) is 4.89. The highest BCUT2D eigenvalue weighted by Gasteiger charge is 2.35. The number of Topliss-reactive ketones (excluding diaryl/α,β-unsaturated/α-hetero) is 1. The fourth-order valence-electron chi connectivity index (χ4n) is 3.37. The molecule has 1 aromatic heterocycles. The van der Waals surface area contributed by atoms with Gasteiger partial charge in [0.05, 0.1) is 18.7 Å². The molecule has 3 aromatic rings. The number of fused-ring (bicyclic) bond motifs is 1. The second-order valence-corrected chi connectivity index (χ2v) is 6.85. The summed E-state index contributed by atoms with van der Waals surface area (Å²) in [6.07, 6.45) is 1.63. The van der Waals surface area contributed by atoms with Crippen LogP contribution in [-0.4, -0.2) is 35.7 Å². The summed E-state index contributed by atoms with van der Waals surface area (Å²) < 4.78 is 10.4. The number of amides is 1. The van der Waals surface area contributed by atoms with E-state index in [0.717, 1.165) is 10.8 Å². The number of rotatable bonds is 6. The third-order valence-electron chi connectivity index (χ3n) is 4.89. The average Bonchev–Trinajstić information content (AvgIpc) is 3.36. The standard InChI is InChI=1S/C22H19NO5/c24-20(17-8-7-15-4-1-2-5-16(15)10-17)14-28-22(26)18-11-21(25)23(12-18)13-19-6-3-9-27-19/h1-10,18H,11-14H2/t18-/m1/s1. The molecule has 6 nitrogen and oxygen atoms in total. The Morgan fingerprint density at radius 1 is 1.07 bits per heavy atom. The molecule has 1 aliphatic rings. The Labute approximate surface area is 161 Å². The molecule has 0 radical (unpaired) electrons. The summed E-state index contributed by atoms with van der Waals surface area (Å²) in [4.78, 5) is 38.4. The van der Waals surface area contributed by atoms with Crippen LogP contribution in [0.4, 0.5) is 0 Å². The number of furan rings is 1. The first-order valence-corrected chi connectivity index (χ1v) is 9.09. The molecule has 2 aromatic carbocycles. The topological polar surface area (TPSA) is 76.8 Å². The van der Waals surface area contributed by atoms with Crippen LogP contribution in [0.25, 0.3) is 10.8 Å². The van der Waals surface area contributed by atoms with E-state index in [1.807, 2.05) is 30.3 Å².